The van der Waals surface area contributed by atoms with Crippen LogP contribution in [0.5, 0.6) is 5.75 Å². The molecule has 2 N–H and O–H groups in total. The number of hydrogen-bond donors (Lipinski definition) is 2. The fourth-order valence-electron chi connectivity index (χ4n) is 3.75. The zero-order valence-electron chi connectivity index (χ0n) is 11.9. The number of fused-ring (bicyclic) bond motifs is 1. The van der Waals surface area contributed by atoms with Crippen molar-refractivity contribution in [2.45, 2.75) is 25.3 Å². The number of piperidine rings is 1. The van der Waals surface area contributed by atoms with Crippen LogP contribution in [0, 0.1) is 11.3 Å². The molecule has 3 aliphatic rings. The minimum atomic E-state index is 0. The van der Waals surface area contributed by atoms with Gasteiger partial charge in [-0.15, -0.1) is 12.4 Å². The standard InChI is InChI=1S/C16H20N2O2.ClH/c19-15(12-9-16(12)5-7-17-8-6-16)18-13-10-20-14-4-2-1-3-11(13)14;/h1-4,12-13,17H,5-10H2,(H,18,19);1H. The molecule has 2 unspecified atom stereocenters. The number of hydrogen-bond acceptors (Lipinski definition) is 3. The summed E-state index contributed by atoms with van der Waals surface area (Å²) in [5, 5.41) is 6.56. The second kappa shape index (κ2) is 5.50. The molecule has 0 aromatic heterocycles. The molecule has 0 radical (unpaired) electrons. The zero-order valence-corrected chi connectivity index (χ0v) is 12.7. The molecule has 1 aromatic carbocycles. The predicted octanol–water partition coefficient (Wildman–Crippen LogP) is 2.05. The van der Waals surface area contributed by atoms with Crippen molar-refractivity contribution < 1.29 is 9.53 Å². The van der Waals surface area contributed by atoms with Gasteiger partial charge >= 0.3 is 0 Å². The van der Waals surface area contributed by atoms with Gasteiger partial charge in [0.2, 0.25) is 5.91 Å². The predicted molar refractivity (Wildman–Crippen MR) is 82.7 cm³/mol. The minimum Gasteiger partial charge on any atom is -0.491 e. The largest absolute Gasteiger partial charge is 0.491 e. The van der Waals surface area contributed by atoms with E-state index in [0.29, 0.717) is 12.0 Å². The van der Waals surface area contributed by atoms with E-state index < -0.39 is 0 Å². The number of nitrogens with one attached hydrogen (secondary N) is 2. The van der Waals surface area contributed by atoms with E-state index in [4.69, 9.17) is 4.74 Å². The van der Waals surface area contributed by atoms with Crippen molar-refractivity contribution in [2.24, 2.45) is 11.3 Å². The van der Waals surface area contributed by atoms with Gasteiger partial charge in [-0.2, -0.15) is 0 Å². The lowest BCUT2D eigenvalue weighted by Gasteiger charge is -2.23. The average molecular weight is 309 g/mol. The van der Waals surface area contributed by atoms with E-state index in [2.05, 4.69) is 10.6 Å². The third-order valence-electron chi connectivity index (χ3n) is 5.12. The lowest BCUT2D eigenvalue weighted by molar-refractivity contribution is -0.124. The Morgan fingerprint density at radius 1 is 1.29 bits per heavy atom. The molecular formula is C16H21ClN2O2. The Morgan fingerprint density at radius 3 is 2.86 bits per heavy atom. The van der Waals surface area contributed by atoms with Crippen LogP contribution in [-0.4, -0.2) is 25.6 Å². The molecule has 1 saturated heterocycles. The van der Waals surface area contributed by atoms with Crippen molar-refractivity contribution in [3.05, 3.63) is 29.8 Å². The molecule has 4 nitrogen and oxygen atoms in total. The van der Waals surface area contributed by atoms with Crippen molar-refractivity contribution in [3.63, 3.8) is 0 Å². The quantitative estimate of drug-likeness (QED) is 0.879. The smallest absolute Gasteiger partial charge is 0.224 e. The first-order valence-corrected chi connectivity index (χ1v) is 7.51. The van der Waals surface area contributed by atoms with Crippen LogP contribution in [0.1, 0.15) is 30.9 Å². The highest BCUT2D eigenvalue weighted by molar-refractivity contribution is 5.85. The van der Waals surface area contributed by atoms with Gasteiger partial charge in [0.15, 0.2) is 0 Å². The van der Waals surface area contributed by atoms with Crippen LogP contribution in [0.25, 0.3) is 0 Å². The van der Waals surface area contributed by atoms with Gasteiger partial charge in [-0.3, -0.25) is 4.79 Å². The molecule has 1 aromatic rings. The van der Waals surface area contributed by atoms with Gasteiger partial charge in [-0.1, -0.05) is 18.2 Å². The summed E-state index contributed by atoms with van der Waals surface area (Å²) in [7, 11) is 0. The molecule has 5 heteroatoms. The number of amides is 1. The lowest BCUT2D eigenvalue weighted by Crippen LogP contribution is -2.35. The Balaban J connectivity index is 0.00000132. The minimum absolute atomic E-state index is 0. The summed E-state index contributed by atoms with van der Waals surface area (Å²) in [6.07, 6.45) is 3.35. The van der Waals surface area contributed by atoms with Crippen molar-refractivity contribution in [1.82, 2.24) is 10.6 Å². The number of rotatable bonds is 2. The lowest BCUT2D eigenvalue weighted by atomic mass is 9.91. The third kappa shape index (κ3) is 2.51. The van der Waals surface area contributed by atoms with Crippen molar-refractivity contribution in [1.29, 1.82) is 0 Å². The van der Waals surface area contributed by atoms with E-state index in [0.717, 1.165) is 43.7 Å². The molecule has 21 heavy (non-hydrogen) atoms. The van der Waals surface area contributed by atoms with Gasteiger partial charge in [0.25, 0.3) is 0 Å². The summed E-state index contributed by atoms with van der Waals surface area (Å²) in [5.74, 6) is 1.35. The first-order valence-electron chi connectivity index (χ1n) is 7.51. The topological polar surface area (TPSA) is 50.4 Å². The summed E-state index contributed by atoms with van der Waals surface area (Å²) in [6, 6.07) is 8.00. The van der Waals surface area contributed by atoms with Gasteiger partial charge in [0.05, 0.1) is 6.04 Å². The van der Waals surface area contributed by atoms with Crippen LogP contribution in [0.4, 0.5) is 0 Å². The number of carbonyl (C=O) groups is 1. The van der Waals surface area contributed by atoms with Gasteiger partial charge in [-0.05, 0) is 43.8 Å². The summed E-state index contributed by atoms with van der Waals surface area (Å²) in [6.45, 7) is 2.67. The molecule has 0 bridgehead atoms. The SMILES string of the molecule is Cl.O=C(NC1COc2ccccc21)C1CC12CCNCC2. The van der Waals surface area contributed by atoms with Crippen LogP contribution in [0.3, 0.4) is 0 Å². The van der Waals surface area contributed by atoms with Crippen LogP contribution in [-0.2, 0) is 4.79 Å². The third-order valence-corrected chi connectivity index (χ3v) is 5.12. The number of carbonyl (C=O) groups excluding carboxylic acids is 1. The monoisotopic (exact) mass is 308 g/mol. The fraction of sp³-hybridized carbons (Fsp3) is 0.562. The van der Waals surface area contributed by atoms with Crippen molar-refractivity contribution in [2.75, 3.05) is 19.7 Å². The molecule has 1 aliphatic carbocycles. The molecule has 1 spiro atoms. The van der Waals surface area contributed by atoms with E-state index in [9.17, 15) is 4.79 Å². The van der Waals surface area contributed by atoms with Crippen molar-refractivity contribution >= 4 is 18.3 Å². The van der Waals surface area contributed by atoms with Crippen LogP contribution in [0.2, 0.25) is 0 Å². The molecular weight excluding hydrogens is 288 g/mol. The van der Waals surface area contributed by atoms with Crippen molar-refractivity contribution in [3.8, 4) is 5.75 Å². The van der Waals surface area contributed by atoms with Gasteiger partial charge in [0.1, 0.15) is 12.4 Å². The molecule has 2 aliphatic heterocycles. The fourth-order valence-corrected chi connectivity index (χ4v) is 3.75. The average Bonchev–Trinajstić information content (AvgIpc) is 3.02. The molecule has 2 fully saturated rings. The Hall–Kier alpha value is -1.26. The molecule has 1 amide bonds. The Kier molecular flexibility index (Phi) is 3.84. The Morgan fingerprint density at radius 2 is 2.05 bits per heavy atom. The highest BCUT2D eigenvalue weighted by Gasteiger charge is 2.57. The Bertz CT molecular complexity index is 543. The maximum absolute atomic E-state index is 12.5. The van der Waals surface area contributed by atoms with Crippen LogP contribution < -0.4 is 15.4 Å². The number of para-hydroxylation sites is 1. The highest BCUT2D eigenvalue weighted by Crippen LogP contribution is 2.58. The van der Waals surface area contributed by atoms with E-state index in [1.165, 1.54) is 0 Å². The summed E-state index contributed by atoms with van der Waals surface area (Å²) in [5.41, 5.74) is 1.41. The molecule has 1 saturated carbocycles. The summed E-state index contributed by atoms with van der Waals surface area (Å²) >= 11 is 0. The molecule has 2 atom stereocenters. The second-order valence-electron chi connectivity index (χ2n) is 6.28. The van der Waals surface area contributed by atoms with Gasteiger partial charge in [0, 0.05) is 11.5 Å². The maximum Gasteiger partial charge on any atom is 0.224 e. The number of benzene rings is 1. The number of halogens is 1. The van der Waals surface area contributed by atoms with E-state index in [1.807, 2.05) is 24.3 Å². The summed E-state index contributed by atoms with van der Waals surface area (Å²) < 4.78 is 5.62. The number of ether oxygens (including phenoxy) is 1. The van der Waals surface area contributed by atoms with Gasteiger partial charge < -0.3 is 15.4 Å². The molecule has 114 valence electrons. The van der Waals surface area contributed by atoms with E-state index >= 15 is 0 Å². The molecule has 2 heterocycles. The van der Waals surface area contributed by atoms with Crippen LogP contribution >= 0.6 is 12.4 Å². The van der Waals surface area contributed by atoms with E-state index in [1.54, 1.807) is 0 Å². The highest BCUT2D eigenvalue weighted by atomic mass is 35.5. The molecule has 4 rings (SSSR count). The first kappa shape index (κ1) is 14.7. The maximum atomic E-state index is 12.5. The van der Waals surface area contributed by atoms with Gasteiger partial charge in [-0.25, -0.2) is 0 Å². The van der Waals surface area contributed by atoms with E-state index in [-0.39, 0.29) is 30.3 Å². The second-order valence-corrected chi connectivity index (χ2v) is 6.28. The normalized spacial score (nSPS) is 28.2. The summed E-state index contributed by atoms with van der Waals surface area (Å²) in [4.78, 5) is 12.5. The van der Waals surface area contributed by atoms with Crippen LogP contribution in [0.15, 0.2) is 24.3 Å². The first-order chi connectivity index (χ1) is 9.78. The Labute approximate surface area is 131 Å². The zero-order chi connectivity index (χ0) is 13.6.